The van der Waals surface area contributed by atoms with Gasteiger partial charge in [0.15, 0.2) is 0 Å². The lowest BCUT2D eigenvalue weighted by Crippen LogP contribution is -2.40. The predicted molar refractivity (Wildman–Crippen MR) is 62.9 cm³/mol. The quantitative estimate of drug-likeness (QED) is 0.733. The van der Waals surface area contributed by atoms with Crippen molar-refractivity contribution in [3.63, 3.8) is 0 Å². The van der Waals surface area contributed by atoms with Gasteiger partial charge in [0, 0.05) is 25.5 Å². The topological polar surface area (TPSA) is 98.3 Å². The number of imidazole rings is 1. The Bertz CT molecular complexity index is 432. The van der Waals surface area contributed by atoms with Gasteiger partial charge in [-0.05, 0) is 13.3 Å². The van der Waals surface area contributed by atoms with Gasteiger partial charge in [-0.3, -0.25) is 4.79 Å². The number of aromatic amines is 1. The number of nitrogens with zero attached hydrogens (tertiary/aromatic N) is 2. The number of carboxylic acids is 1. The molecular formula is C11H16N4O3. The fourth-order valence-electron chi connectivity index (χ4n) is 2.01. The lowest BCUT2D eigenvalue weighted by atomic mass is 10.1. The molecule has 2 amide bonds. The molecular weight excluding hydrogens is 236 g/mol. The molecule has 2 unspecified atom stereocenters. The molecule has 0 bridgehead atoms. The van der Waals surface area contributed by atoms with Crippen LogP contribution in [0.2, 0.25) is 0 Å². The van der Waals surface area contributed by atoms with Crippen molar-refractivity contribution in [3.8, 4) is 0 Å². The summed E-state index contributed by atoms with van der Waals surface area (Å²) in [4.78, 5) is 31.2. The molecule has 0 aliphatic carbocycles. The van der Waals surface area contributed by atoms with Crippen molar-refractivity contribution in [1.82, 2.24) is 20.2 Å². The van der Waals surface area contributed by atoms with Crippen LogP contribution in [-0.4, -0.2) is 45.1 Å². The first-order valence-corrected chi connectivity index (χ1v) is 5.85. The third kappa shape index (κ3) is 2.61. The molecule has 2 heterocycles. The molecule has 2 rings (SSSR count). The highest BCUT2D eigenvalue weighted by Gasteiger charge is 2.31. The van der Waals surface area contributed by atoms with Gasteiger partial charge in [-0.2, -0.15) is 0 Å². The van der Waals surface area contributed by atoms with E-state index in [1.165, 1.54) is 4.90 Å². The number of nitrogens with one attached hydrogen (secondary N) is 2. The smallest absolute Gasteiger partial charge is 0.318 e. The van der Waals surface area contributed by atoms with Gasteiger partial charge < -0.3 is 20.3 Å². The summed E-state index contributed by atoms with van der Waals surface area (Å²) in [5.41, 5.74) is 0. The Labute approximate surface area is 104 Å². The fraction of sp³-hybridized carbons (Fsp3) is 0.545. The Balaban J connectivity index is 1.87. The minimum atomic E-state index is -0.843. The van der Waals surface area contributed by atoms with Crippen LogP contribution in [0.3, 0.4) is 0 Å². The highest BCUT2D eigenvalue weighted by atomic mass is 16.4. The summed E-state index contributed by atoms with van der Waals surface area (Å²) in [5.74, 6) is -0.614. The van der Waals surface area contributed by atoms with Gasteiger partial charge >= 0.3 is 12.0 Å². The monoisotopic (exact) mass is 252 g/mol. The van der Waals surface area contributed by atoms with E-state index in [1.54, 1.807) is 12.4 Å². The molecule has 1 fully saturated rings. The van der Waals surface area contributed by atoms with Crippen LogP contribution < -0.4 is 5.32 Å². The number of aliphatic carboxylic acids is 1. The minimum Gasteiger partial charge on any atom is -0.481 e. The number of rotatable bonds is 3. The van der Waals surface area contributed by atoms with Gasteiger partial charge in [0.1, 0.15) is 5.82 Å². The number of hydrogen-bond acceptors (Lipinski definition) is 3. The number of H-pyrrole nitrogens is 1. The molecule has 3 N–H and O–H groups in total. The van der Waals surface area contributed by atoms with Crippen molar-refractivity contribution in [2.24, 2.45) is 5.92 Å². The highest BCUT2D eigenvalue weighted by Crippen LogP contribution is 2.17. The molecule has 2 atom stereocenters. The predicted octanol–water partition coefficient (Wildman–Crippen LogP) is 0.587. The maximum absolute atomic E-state index is 11.9. The molecule has 1 aliphatic heterocycles. The van der Waals surface area contributed by atoms with E-state index in [-0.39, 0.29) is 18.6 Å². The molecule has 0 radical (unpaired) electrons. The maximum Gasteiger partial charge on any atom is 0.318 e. The zero-order valence-electron chi connectivity index (χ0n) is 10.1. The molecule has 1 aliphatic rings. The SMILES string of the molecule is CC(NC(=O)N1CCC(C(=O)O)C1)c1ncc[nH]1. The van der Waals surface area contributed by atoms with E-state index in [9.17, 15) is 9.59 Å². The summed E-state index contributed by atoms with van der Waals surface area (Å²) in [6.45, 7) is 2.57. The van der Waals surface area contributed by atoms with Gasteiger partial charge in [-0.25, -0.2) is 9.78 Å². The molecule has 18 heavy (non-hydrogen) atoms. The summed E-state index contributed by atoms with van der Waals surface area (Å²) >= 11 is 0. The van der Waals surface area contributed by atoms with E-state index in [2.05, 4.69) is 15.3 Å². The number of aromatic nitrogens is 2. The van der Waals surface area contributed by atoms with Gasteiger partial charge in [-0.15, -0.1) is 0 Å². The second-order valence-corrected chi connectivity index (χ2v) is 4.42. The summed E-state index contributed by atoms with van der Waals surface area (Å²) in [5, 5.41) is 11.7. The van der Waals surface area contributed by atoms with Crippen LogP contribution in [0.5, 0.6) is 0 Å². The van der Waals surface area contributed by atoms with E-state index < -0.39 is 11.9 Å². The van der Waals surface area contributed by atoms with Crippen LogP contribution in [0, 0.1) is 5.92 Å². The van der Waals surface area contributed by atoms with Crippen LogP contribution in [-0.2, 0) is 4.79 Å². The number of carbonyl (C=O) groups excluding carboxylic acids is 1. The van der Waals surface area contributed by atoms with Crippen molar-refractivity contribution in [3.05, 3.63) is 18.2 Å². The van der Waals surface area contributed by atoms with Crippen molar-refractivity contribution in [2.45, 2.75) is 19.4 Å². The van der Waals surface area contributed by atoms with Crippen molar-refractivity contribution >= 4 is 12.0 Å². The zero-order chi connectivity index (χ0) is 13.1. The van der Waals surface area contributed by atoms with Crippen molar-refractivity contribution in [1.29, 1.82) is 0 Å². The third-order valence-corrected chi connectivity index (χ3v) is 3.09. The first-order chi connectivity index (χ1) is 8.58. The highest BCUT2D eigenvalue weighted by molar-refractivity contribution is 5.77. The van der Waals surface area contributed by atoms with E-state index in [1.807, 2.05) is 6.92 Å². The fourth-order valence-corrected chi connectivity index (χ4v) is 2.01. The largest absolute Gasteiger partial charge is 0.481 e. The van der Waals surface area contributed by atoms with Crippen LogP contribution in [0.25, 0.3) is 0 Å². The molecule has 0 spiro atoms. The van der Waals surface area contributed by atoms with Gasteiger partial charge in [-0.1, -0.05) is 0 Å². The second-order valence-electron chi connectivity index (χ2n) is 4.42. The molecule has 1 aromatic heterocycles. The third-order valence-electron chi connectivity index (χ3n) is 3.09. The molecule has 0 aromatic carbocycles. The number of carboxylic acid groups (broad SMARTS) is 1. The van der Waals surface area contributed by atoms with Gasteiger partial charge in [0.2, 0.25) is 0 Å². The van der Waals surface area contributed by atoms with Crippen LogP contribution in [0.15, 0.2) is 12.4 Å². The number of likely N-dealkylation sites (tertiary alicyclic amines) is 1. The van der Waals surface area contributed by atoms with Crippen LogP contribution in [0.1, 0.15) is 25.2 Å². The normalized spacial score (nSPS) is 20.7. The van der Waals surface area contributed by atoms with E-state index >= 15 is 0 Å². The summed E-state index contributed by atoms with van der Waals surface area (Å²) < 4.78 is 0. The van der Waals surface area contributed by atoms with E-state index in [0.29, 0.717) is 18.8 Å². The Morgan fingerprint density at radius 3 is 3.00 bits per heavy atom. The average molecular weight is 252 g/mol. The van der Waals surface area contributed by atoms with Crippen LogP contribution >= 0.6 is 0 Å². The van der Waals surface area contributed by atoms with E-state index in [0.717, 1.165) is 0 Å². The molecule has 0 saturated carbocycles. The summed E-state index contributed by atoms with van der Waals surface area (Å²) in [6.07, 6.45) is 3.82. The Kier molecular flexibility index (Phi) is 3.50. The molecule has 1 aromatic rings. The lowest BCUT2D eigenvalue weighted by Gasteiger charge is -2.19. The molecule has 7 heteroatoms. The first kappa shape index (κ1) is 12.4. The van der Waals surface area contributed by atoms with Crippen molar-refractivity contribution < 1.29 is 14.7 Å². The first-order valence-electron chi connectivity index (χ1n) is 5.85. The number of urea groups is 1. The van der Waals surface area contributed by atoms with Gasteiger partial charge in [0.05, 0.1) is 12.0 Å². The standard InChI is InChI=1S/C11H16N4O3/c1-7(9-12-3-4-13-9)14-11(18)15-5-2-8(6-15)10(16)17/h3-4,7-8H,2,5-6H2,1H3,(H,12,13)(H,14,18)(H,16,17). The molecule has 7 nitrogen and oxygen atoms in total. The molecule has 98 valence electrons. The van der Waals surface area contributed by atoms with E-state index in [4.69, 9.17) is 5.11 Å². The number of carbonyl (C=O) groups is 2. The Hall–Kier alpha value is -2.05. The maximum atomic E-state index is 11.9. The lowest BCUT2D eigenvalue weighted by molar-refractivity contribution is -0.141. The average Bonchev–Trinajstić information content (AvgIpc) is 3.00. The number of hydrogen-bond donors (Lipinski definition) is 3. The zero-order valence-corrected chi connectivity index (χ0v) is 10.1. The summed E-state index contributed by atoms with van der Waals surface area (Å²) in [7, 11) is 0. The van der Waals surface area contributed by atoms with Gasteiger partial charge in [0.25, 0.3) is 0 Å². The summed E-state index contributed by atoms with van der Waals surface area (Å²) in [6, 6.07) is -0.473. The molecule has 1 saturated heterocycles. The Morgan fingerprint density at radius 2 is 2.44 bits per heavy atom. The minimum absolute atomic E-state index is 0.226. The van der Waals surface area contributed by atoms with Crippen molar-refractivity contribution in [2.75, 3.05) is 13.1 Å². The van der Waals surface area contributed by atoms with Crippen LogP contribution in [0.4, 0.5) is 4.79 Å². The number of amides is 2. The Morgan fingerprint density at radius 1 is 1.67 bits per heavy atom. The second kappa shape index (κ2) is 5.07.